The number of urea groups is 1. The van der Waals surface area contributed by atoms with Gasteiger partial charge in [-0.3, -0.25) is 9.59 Å². The van der Waals surface area contributed by atoms with E-state index in [0.29, 0.717) is 0 Å². The van der Waals surface area contributed by atoms with E-state index in [4.69, 9.17) is 16.6 Å². The summed E-state index contributed by atoms with van der Waals surface area (Å²) in [7, 11) is 0. The molecule has 0 aliphatic rings. The summed E-state index contributed by atoms with van der Waals surface area (Å²) in [6, 6.07) is -3.12. The highest BCUT2D eigenvalue weighted by Crippen LogP contribution is 1.98. The summed E-state index contributed by atoms with van der Waals surface area (Å²) in [5.74, 6) is -2.68. The van der Waals surface area contributed by atoms with Crippen LogP contribution in [0.2, 0.25) is 0 Å². The van der Waals surface area contributed by atoms with E-state index >= 15 is 0 Å². The van der Waals surface area contributed by atoms with Crippen LogP contribution in [0.1, 0.15) is 19.8 Å². The van der Waals surface area contributed by atoms with E-state index in [0.717, 1.165) is 0 Å². The summed E-state index contributed by atoms with van der Waals surface area (Å²) < 4.78 is 0. The van der Waals surface area contributed by atoms with Gasteiger partial charge in [0, 0.05) is 6.42 Å². The Morgan fingerprint density at radius 2 is 1.72 bits per heavy atom. The topological polar surface area (TPSA) is 165 Å². The highest BCUT2D eigenvalue weighted by atomic mass is 16.4. The van der Waals surface area contributed by atoms with Crippen molar-refractivity contribution >= 4 is 23.8 Å². The van der Waals surface area contributed by atoms with Crippen LogP contribution in [0.3, 0.4) is 0 Å². The molecule has 18 heavy (non-hydrogen) atoms. The number of carbonyl (C=O) groups excluding carboxylic acids is 3. The van der Waals surface area contributed by atoms with Gasteiger partial charge in [-0.05, 0) is 13.3 Å². The van der Waals surface area contributed by atoms with Crippen molar-refractivity contribution in [2.75, 3.05) is 0 Å². The minimum atomic E-state index is -1.30. The van der Waals surface area contributed by atoms with Crippen molar-refractivity contribution in [3.8, 4) is 0 Å². The summed E-state index contributed by atoms with van der Waals surface area (Å²) in [4.78, 5) is 43.3. The molecule has 0 saturated heterocycles. The Morgan fingerprint density at radius 1 is 1.17 bits per heavy atom. The average molecular weight is 260 g/mol. The lowest BCUT2D eigenvalue weighted by atomic mass is 10.1. The molecule has 9 nitrogen and oxygen atoms in total. The molecule has 0 bridgehead atoms. The van der Waals surface area contributed by atoms with E-state index < -0.39 is 35.9 Å². The van der Waals surface area contributed by atoms with Gasteiger partial charge in [-0.15, -0.1) is 0 Å². The predicted molar refractivity (Wildman–Crippen MR) is 60.2 cm³/mol. The highest BCUT2D eigenvalue weighted by Gasteiger charge is 2.23. The van der Waals surface area contributed by atoms with Gasteiger partial charge in [0.2, 0.25) is 11.8 Å². The minimum Gasteiger partial charge on any atom is -0.480 e. The number of amides is 4. The maximum absolute atomic E-state index is 11.5. The number of rotatable bonds is 7. The number of hydrogen-bond donors (Lipinski definition) is 5. The molecule has 0 aliphatic carbocycles. The molecule has 0 aromatic heterocycles. The van der Waals surface area contributed by atoms with E-state index in [2.05, 4.69) is 10.6 Å². The van der Waals surface area contributed by atoms with Crippen LogP contribution < -0.4 is 22.1 Å². The third kappa shape index (κ3) is 6.30. The Kier molecular flexibility index (Phi) is 6.18. The third-order valence-corrected chi connectivity index (χ3v) is 2.05. The number of primary amides is 2. The van der Waals surface area contributed by atoms with E-state index in [-0.39, 0.29) is 12.8 Å². The van der Waals surface area contributed by atoms with Crippen LogP contribution in [-0.2, 0) is 14.4 Å². The fraction of sp³-hybridized carbons (Fsp3) is 0.556. The Morgan fingerprint density at radius 3 is 2.11 bits per heavy atom. The predicted octanol–water partition coefficient (Wildman–Crippen LogP) is -2.12. The Balaban J connectivity index is 4.40. The first kappa shape index (κ1) is 15.7. The Bertz CT molecular complexity index is 357. The zero-order valence-corrected chi connectivity index (χ0v) is 9.80. The lowest BCUT2D eigenvalue weighted by Crippen LogP contribution is -2.51. The van der Waals surface area contributed by atoms with E-state index in [9.17, 15) is 19.2 Å². The van der Waals surface area contributed by atoms with Crippen LogP contribution in [0.4, 0.5) is 4.79 Å². The van der Waals surface area contributed by atoms with Gasteiger partial charge < -0.3 is 27.2 Å². The zero-order valence-electron chi connectivity index (χ0n) is 9.80. The number of carboxylic acids is 1. The van der Waals surface area contributed by atoms with E-state index in [1.165, 1.54) is 6.92 Å². The quantitative estimate of drug-likeness (QED) is 0.352. The fourth-order valence-electron chi connectivity index (χ4n) is 1.12. The highest BCUT2D eigenvalue weighted by molar-refractivity contribution is 5.89. The molecule has 0 rings (SSSR count). The first-order chi connectivity index (χ1) is 8.23. The van der Waals surface area contributed by atoms with Crippen molar-refractivity contribution in [3.05, 3.63) is 0 Å². The maximum atomic E-state index is 11.5. The summed E-state index contributed by atoms with van der Waals surface area (Å²) in [5.41, 5.74) is 9.69. The molecule has 2 atom stereocenters. The lowest BCUT2D eigenvalue weighted by Gasteiger charge is -2.17. The second-order valence-electron chi connectivity index (χ2n) is 3.63. The van der Waals surface area contributed by atoms with Gasteiger partial charge in [0.1, 0.15) is 12.1 Å². The van der Waals surface area contributed by atoms with Crippen LogP contribution in [0.15, 0.2) is 0 Å². The average Bonchev–Trinajstić information content (AvgIpc) is 2.21. The van der Waals surface area contributed by atoms with Gasteiger partial charge in [0.15, 0.2) is 0 Å². The molecular formula is C9H16N4O5. The third-order valence-electron chi connectivity index (χ3n) is 2.05. The zero-order chi connectivity index (χ0) is 14.3. The van der Waals surface area contributed by atoms with Gasteiger partial charge in [-0.1, -0.05) is 0 Å². The molecule has 0 radical (unpaired) electrons. The summed E-state index contributed by atoms with van der Waals surface area (Å²) in [6.45, 7) is 1.34. The van der Waals surface area contributed by atoms with Crippen molar-refractivity contribution in [1.29, 1.82) is 0 Å². The van der Waals surface area contributed by atoms with Gasteiger partial charge in [0.25, 0.3) is 0 Å². The van der Waals surface area contributed by atoms with Crippen LogP contribution >= 0.6 is 0 Å². The summed E-state index contributed by atoms with van der Waals surface area (Å²) >= 11 is 0. The van der Waals surface area contributed by atoms with Crippen molar-refractivity contribution in [2.24, 2.45) is 11.5 Å². The molecular weight excluding hydrogens is 244 g/mol. The molecule has 0 fully saturated rings. The van der Waals surface area contributed by atoms with Crippen LogP contribution in [0, 0.1) is 0 Å². The largest absolute Gasteiger partial charge is 0.480 e. The number of carbonyl (C=O) groups is 4. The van der Waals surface area contributed by atoms with Crippen molar-refractivity contribution in [3.63, 3.8) is 0 Å². The van der Waals surface area contributed by atoms with Gasteiger partial charge in [-0.2, -0.15) is 0 Å². The van der Waals surface area contributed by atoms with Gasteiger partial charge >= 0.3 is 12.0 Å². The summed E-state index contributed by atoms with van der Waals surface area (Å²) in [6.07, 6.45) is -0.297. The first-order valence-electron chi connectivity index (χ1n) is 5.11. The standard InChI is InChI=1S/C9H16N4O5/c1-4(12-9(11)18)7(15)13-5(8(16)17)2-3-6(10)14/h4-5H,2-3H2,1H3,(H2,10,14)(H,13,15)(H,16,17)(H3,11,12,18). The van der Waals surface area contributed by atoms with Crippen molar-refractivity contribution < 1.29 is 24.3 Å². The monoisotopic (exact) mass is 260 g/mol. The van der Waals surface area contributed by atoms with Crippen LogP contribution in [-0.4, -0.2) is 41.0 Å². The molecule has 0 saturated carbocycles. The van der Waals surface area contributed by atoms with Gasteiger partial charge in [-0.25, -0.2) is 9.59 Å². The Hall–Kier alpha value is -2.32. The number of nitrogens with two attached hydrogens (primary N) is 2. The molecule has 2 unspecified atom stereocenters. The molecule has 4 amide bonds. The van der Waals surface area contributed by atoms with Crippen LogP contribution in [0.5, 0.6) is 0 Å². The van der Waals surface area contributed by atoms with Crippen molar-refractivity contribution in [1.82, 2.24) is 10.6 Å². The fourth-order valence-corrected chi connectivity index (χ4v) is 1.12. The number of hydrogen-bond acceptors (Lipinski definition) is 4. The lowest BCUT2D eigenvalue weighted by molar-refractivity contribution is -0.142. The second kappa shape index (κ2) is 7.09. The summed E-state index contributed by atoms with van der Waals surface area (Å²) in [5, 5.41) is 13.1. The van der Waals surface area contributed by atoms with Crippen LogP contribution in [0.25, 0.3) is 0 Å². The minimum absolute atomic E-state index is 0.125. The first-order valence-corrected chi connectivity index (χ1v) is 5.11. The van der Waals surface area contributed by atoms with E-state index in [1.807, 2.05) is 0 Å². The SMILES string of the molecule is CC(NC(N)=O)C(=O)NC(CCC(N)=O)C(=O)O. The van der Waals surface area contributed by atoms with E-state index in [1.54, 1.807) is 0 Å². The molecule has 0 spiro atoms. The smallest absolute Gasteiger partial charge is 0.326 e. The number of aliphatic carboxylic acids is 1. The number of carboxylic acid groups (broad SMARTS) is 1. The molecule has 7 N–H and O–H groups in total. The molecule has 9 heteroatoms. The molecule has 0 aromatic rings. The second-order valence-corrected chi connectivity index (χ2v) is 3.63. The maximum Gasteiger partial charge on any atom is 0.326 e. The number of nitrogens with one attached hydrogen (secondary N) is 2. The van der Waals surface area contributed by atoms with Gasteiger partial charge in [0.05, 0.1) is 0 Å². The Labute approximate surface area is 103 Å². The van der Waals surface area contributed by atoms with Crippen molar-refractivity contribution in [2.45, 2.75) is 31.8 Å². The molecule has 0 aromatic carbocycles. The molecule has 0 heterocycles. The molecule has 102 valence electrons. The normalized spacial score (nSPS) is 13.2. The molecule has 0 aliphatic heterocycles.